The summed E-state index contributed by atoms with van der Waals surface area (Å²) < 4.78 is 37.2. The van der Waals surface area contributed by atoms with Gasteiger partial charge in [-0.05, 0) is 36.6 Å². The molecule has 8 heteroatoms. The van der Waals surface area contributed by atoms with Crippen molar-refractivity contribution in [2.75, 3.05) is 32.9 Å². The van der Waals surface area contributed by atoms with E-state index in [1.807, 2.05) is 6.92 Å². The number of guanidine groups is 1. The van der Waals surface area contributed by atoms with E-state index in [1.54, 1.807) is 13.1 Å². The van der Waals surface area contributed by atoms with Crippen LogP contribution in [-0.2, 0) is 16.4 Å². The number of halogens is 1. The molecule has 0 unspecified atom stereocenters. The van der Waals surface area contributed by atoms with Crippen LogP contribution >= 0.6 is 0 Å². The number of rotatable bonds is 7. The summed E-state index contributed by atoms with van der Waals surface area (Å²) in [6, 6.07) is 4.74. The van der Waals surface area contributed by atoms with Crippen molar-refractivity contribution in [3.63, 3.8) is 0 Å². The van der Waals surface area contributed by atoms with Gasteiger partial charge in [-0.1, -0.05) is 6.07 Å². The predicted octanol–water partition coefficient (Wildman–Crippen LogP) is 0.391. The number of sulfonamides is 1. The Balaban J connectivity index is 2.32. The first kappa shape index (κ1) is 18.4. The molecule has 0 heterocycles. The van der Waals surface area contributed by atoms with E-state index in [0.29, 0.717) is 19.0 Å². The number of benzene rings is 1. The van der Waals surface area contributed by atoms with Crippen LogP contribution in [-0.4, -0.2) is 47.3 Å². The molecule has 0 fully saturated rings. The number of hydrogen-bond acceptors (Lipinski definition) is 3. The Labute approximate surface area is 131 Å². The van der Waals surface area contributed by atoms with E-state index >= 15 is 0 Å². The van der Waals surface area contributed by atoms with Crippen LogP contribution in [0.4, 0.5) is 4.39 Å². The zero-order valence-electron chi connectivity index (χ0n) is 13.1. The van der Waals surface area contributed by atoms with Crippen molar-refractivity contribution in [2.45, 2.75) is 13.3 Å². The summed E-state index contributed by atoms with van der Waals surface area (Å²) in [6.07, 6.45) is 1.86. The molecule has 124 valence electrons. The van der Waals surface area contributed by atoms with Crippen LogP contribution in [0.3, 0.4) is 0 Å². The molecule has 0 spiro atoms. The predicted molar refractivity (Wildman–Crippen MR) is 87.1 cm³/mol. The molecule has 0 amide bonds. The molecule has 0 atom stereocenters. The van der Waals surface area contributed by atoms with Gasteiger partial charge in [-0.2, -0.15) is 0 Å². The number of hydrogen-bond donors (Lipinski definition) is 3. The first-order chi connectivity index (χ1) is 10.3. The molecule has 6 nitrogen and oxygen atoms in total. The molecule has 22 heavy (non-hydrogen) atoms. The lowest BCUT2D eigenvalue weighted by molar-refractivity contribution is 0.586. The highest BCUT2D eigenvalue weighted by Crippen LogP contribution is 2.10. The van der Waals surface area contributed by atoms with E-state index in [1.165, 1.54) is 12.1 Å². The Hall–Kier alpha value is -1.67. The van der Waals surface area contributed by atoms with Crippen LogP contribution in [0.2, 0.25) is 0 Å². The standard InChI is InChI=1S/C14H23FN4O2S/c1-11-10-13(15)5-4-12(11)6-7-17-14(16-2)18-8-9-19-22(3,20)21/h4-5,10,19H,6-9H2,1-3H3,(H2,16,17,18). The van der Waals surface area contributed by atoms with Gasteiger partial charge in [0, 0.05) is 26.7 Å². The van der Waals surface area contributed by atoms with E-state index in [9.17, 15) is 12.8 Å². The second-order valence-electron chi connectivity index (χ2n) is 4.91. The Bertz CT molecular complexity index is 617. The van der Waals surface area contributed by atoms with E-state index in [0.717, 1.165) is 23.8 Å². The lowest BCUT2D eigenvalue weighted by Crippen LogP contribution is -2.42. The molecule has 0 saturated carbocycles. The van der Waals surface area contributed by atoms with Gasteiger partial charge in [0.2, 0.25) is 10.0 Å². The van der Waals surface area contributed by atoms with Crippen LogP contribution < -0.4 is 15.4 Å². The fraction of sp³-hybridized carbons (Fsp3) is 0.500. The lowest BCUT2D eigenvalue weighted by Gasteiger charge is -2.12. The van der Waals surface area contributed by atoms with Crippen LogP contribution in [0.5, 0.6) is 0 Å². The van der Waals surface area contributed by atoms with E-state index in [4.69, 9.17) is 0 Å². The van der Waals surface area contributed by atoms with Gasteiger partial charge in [0.15, 0.2) is 5.96 Å². The summed E-state index contributed by atoms with van der Waals surface area (Å²) in [4.78, 5) is 4.05. The third-order valence-electron chi connectivity index (χ3n) is 3.00. The molecule has 1 aromatic rings. The average Bonchev–Trinajstić information content (AvgIpc) is 2.42. The summed E-state index contributed by atoms with van der Waals surface area (Å²) in [7, 11) is -1.53. The molecular formula is C14H23FN4O2S. The van der Waals surface area contributed by atoms with Crippen molar-refractivity contribution in [1.82, 2.24) is 15.4 Å². The number of aryl methyl sites for hydroxylation is 1. The monoisotopic (exact) mass is 330 g/mol. The molecule has 3 N–H and O–H groups in total. The first-order valence-electron chi connectivity index (χ1n) is 6.96. The first-order valence-corrected chi connectivity index (χ1v) is 8.85. The van der Waals surface area contributed by atoms with Gasteiger partial charge in [-0.3, -0.25) is 4.99 Å². The number of nitrogens with one attached hydrogen (secondary N) is 3. The van der Waals surface area contributed by atoms with Crippen molar-refractivity contribution >= 4 is 16.0 Å². The highest BCUT2D eigenvalue weighted by Gasteiger charge is 2.02. The van der Waals surface area contributed by atoms with Crippen LogP contribution in [0.1, 0.15) is 11.1 Å². The highest BCUT2D eigenvalue weighted by atomic mass is 32.2. The minimum atomic E-state index is -3.17. The summed E-state index contributed by atoms with van der Waals surface area (Å²) >= 11 is 0. The van der Waals surface area contributed by atoms with Gasteiger partial charge in [-0.25, -0.2) is 17.5 Å². The topological polar surface area (TPSA) is 82.6 Å². The Morgan fingerprint density at radius 2 is 1.91 bits per heavy atom. The van der Waals surface area contributed by atoms with Crippen molar-refractivity contribution in [1.29, 1.82) is 0 Å². The summed E-state index contributed by atoms with van der Waals surface area (Å²) in [5, 5.41) is 6.13. The Kier molecular flexibility index (Phi) is 7.26. The van der Waals surface area contributed by atoms with Gasteiger partial charge in [0.1, 0.15) is 5.82 Å². The Morgan fingerprint density at radius 3 is 2.50 bits per heavy atom. The second kappa shape index (κ2) is 8.70. The minimum Gasteiger partial charge on any atom is -0.356 e. The summed E-state index contributed by atoms with van der Waals surface area (Å²) in [5.41, 5.74) is 1.99. The molecule has 1 aromatic carbocycles. The second-order valence-corrected chi connectivity index (χ2v) is 6.75. The fourth-order valence-corrected chi connectivity index (χ4v) is 2.37. The smallest absolute Gasteiger partial charge is 0.208 e. The number of aliphatic imine (C=N–C) groups is 1. The third kappa shape index (κ3) is 7.37. The maximum Gasteiger partial charge on any atom is 0.208 e. The van der Waals surface area contributed by atoms with Gasteiger partial charge in [-0.15, -0.1) is 0 Å². The van der Waals surface area contributed by atoms with Crippen LogP contribution in [0.25, 0.3) is 0 Å². The van der Waals surface area contributed by atoms with Crippen LogP contribution in [0, 0.1) is 12.7 Å². The van der Waals surface area contributed by atoms with Crippen molar-refractivity contribution in [3.8, 4) is 0 Å². The van der Waals surface area contributed by atoms with Crippen molar-refractivity contribution in [2.24, 2.45) is 4.99 Å². The molecule has 0 aliphatic rings. The van der Waals surface area contributed by atoms with E-state index < -0.39 is 10.0 Å². The molecular weight excluding hydrogens is 307 g/mol. The van der Waals surface area contributed by atoms with Crippen molar-refractivity contribution in [3.05, 3.63) is 35.1 Å². The zero-order valence-corrected chi connectivity index (χ0v) is 13.9. The van der Waals surface area contributed by atoms with Gasteiger partial charge >= 0.3 is 0 Å². The molecule has 1 rings (SSSR count). The molecule has 0 saturated heterocycles. The minimum absolute atomic E-state index is 0.231. The molecule has 0 aliphatic carbocycles. The SMILES string of the molecule is CN=C(NCCNS(C)(=O)=O)NCCc1ccc(F)cc1C. The highest BCUT2D eigenvalue weighted by molar-refractivity contribution is 7.88. The number of nitrogens with zero attached hydrogens (tertiary/aromatic N) is 1. The van der Waals surface area contributed by atoms with Gasteiger partial charge in [0.05, 0.1) is 6.26 Å². The fourth-order valence-electron chi connectivity index (χ4n) is 1.89. The maximum absolute atomic E-state index is 13.0. The normalized spacial score (nSPS) is 12.3. The van der Waals surface area contributed by atoms with Gasteiger partial charge in [0.25, 0.3) is 0 Å². The maximum atomic E-state index is 13.0. The molecule has 0 radical (unpaired) electrons. The van der Waals surface area contributed by atoms with E-state index in [-0.39, 0.29) is 12.4 Å². The Morgan fingerprint density at radius 1 is 1.23 bits per heavy atom. The molecule has 0 aromatic heterocycles. The largest absolute Gasteiger partial charge is 0.356 e. The zero-order chi connectivity index (χ0) is 16.6. The van der Waals surface area contributed by atoms with Crippen molar-refractivity contribution < 1.29 is 12.8 Å². The third-order valence-corrected chi connectivity index (χ3v) is 3.73. The summed E-state index contributed by atoms with van der Waals surface area (Å²) in [5.74, 6) is 0.361. The quantitative estimate of drug-likeness (QED) is 0.384. The average molecular weight is 330 g/mol. The lowest BCUT2D eigenvalue weighted by atomic mass is 10.1. The molecule has 0 aliphatic heterocycles. The van der Waals surface area contributed by atoms with Crippen LogP contribution in [0.15, 0.2) is 23.2 Å². The van der Waals surface area contributed by atoms with E-state index in [2.05, 4.69) is 20.3 Å². The molecule has 0 bridgehead atoms. The van der Waals surface area contributed by atoms with Gasteiger partial charge < -0.3 is 10.6 Å². The summed E-state index contributed by atoms with van der Waals surface area (Å²) in [6.45, 7) is 3.24.